The number of guanidine groups is 1. The van der Waals surface area contributed by atoms with Gasteiger partial charge in [0.25, 0.3) is 0 Å². The highest BCUT2D eigenvalue weighted by molar-refractivity contribution is 5.81. The minimum Gasteiger partial charge on any atom is -0.466 e. The zero-order valence-corrected chi connectivity index (χ0v) is 16.4. The summed E-state index contributed by atoms with van der Waals surface area (Å²) in [6.07, 6.45) is 5.05. The number of hydrogen-bond acceptors (Lipinski definition) is 5. The molecule has 2 aliphatic rings. The number of nitrogens with zero attached hydrogens (tertiary/aromatic N) is 2. The molecule has 2 rings (SSSR count). The van der Waals surface area contributed by atoms with Crippen molar-refractivity contribution in [2.45, 2.75) is 39.0 Å². The van der Waals surface area contributed by atoms with Crippen molar-refractivity contribution in [2.75, 3.05) is 59.7 Å². The molecule has 1 N–H and O–H groups in total. The van der Waals surface area contributed by atoms with Crippen LogP contribution in [0.25, 0.3) is 0 Å². The Bertz CT molecular complexity index is 439. The fourth-order valence-electron chi connectivity index (χ4n) is 3.49. The Morgan fingerprint density at radius 2 is 2.12 bits per heavy atom. The zero-order valence-electron chi connectivity index (χ0n) is 16.4. The molecule has 26 heavy (non-hydrogen) atoms. The van der Waals surface area contributed by atoms with Crippen molar-refractivity contribution in [2.24, 2.45) is 16.8 Å². The van der Waals surface area contributed by atoms with Crippen LogP contribution >= 0.6 is 0 Å². The van der Waals surface area contributed by atoms with Crippen LogP contribution in [-0.2, 0) is 19.0 Å². The van der Waals surface area contributed by atoms with Gasteiger partial charge in [0, 0.05) is 53.1 Å². The summed E-state index contributed by atoms with van der Waals surface area (Å²) in [6, 6.07) is 0. The van der Waals surface area contributed by atoms with Gasteiger partial charge in [-0.2, -0.15) is 0 Å². The number of esters is 1. The van der Waals surface area contributed by atoms with Crippen molar-refractivity contribution >= 4 is 11.9 Å². The standard InChI is InChI=1S/C19H35N3O4/c1-3-26-18(23)17-6-4-10-22(14-17)19(20-2)21-9-5-11-25-15-16-7-12-24-13-8-16/h16-17H,3-15H2,1-2H3,(H,20,21). The van der Waals surface area contributed by atoms with Crippen LogP contribution < -0.4 is 5.32 Å². The summed E-state index contributed by atoms with van der Waals surface area (Å²) in [4.78, 5) is 18.5. The molecule has 1 unspecified atom stereocenters. The van der Waals surface area contributed by atoms with Crippen LogP contribution in [0.1, 0.15) is 39.0 Å². The second-order valence-corrected chi connectivity index (χ2v) is 7.00. The van der Waals surface area contributed by atoms with Gasteiger partial charge >= 0.3 is 5.97 Å². The summed E-state index contributed by atoms with van der Waals surface area (Å²) in [5, 5.41) is 3.39. The highest BCUT2D eigenvalue weighted by Crippen LogP contribution is 2.18. The molecule has 0 amide bonds. The van der Waals surface area contributed by atoms with Gasteiger partial charge < -0.3 is 24.4 Å². The summed E-state index contributed by atoms with van der Waals surface area (Å²) in [6.45, 7) is 8.05. The Morgan fingerprint density at radius 1 is 1.31 bits per heavy atom. The average Bonchev–Trinajstić information content (AvgIpc) is 2.68. The Balaban J connectivity index is 1.61. The van der Waals surface area contributed by atoms with E-state index in [0.29, 0.717) is 19.1 Å². The summed E-state index contributed by atoms with van der Waals surface area (Å²) in [7, 11) is 1.79. The number of piperidine rings is 1. The van der Waals surface area contributed by atoms with Gasteiger partial charge in [-0.15, -0.1) is 0 Å². The van der Waals surface area contributed by atoms with Gasteiger partial charge in [0.1, 0.15) is 0 Å². The lowest BCUT2D eigenvalue weighted by molar-refractivity contribution is -0.149. The van der Waals surface area contributed by atoms with Gasteiger partial charge in [0.05, 0.1) is 12.5 Å². The molecule has 7 nitrogen and oxygen atoms in total. The van der Waals surface area contributed by atoms with E-state index in [-0.39, 0.29) is 11.9 Å². The Labute approximate surface area is 157 Å². The van der Waals surface area contributed by atoms with Crippen LogP contribution in [0.4, 0.5) is 0 Å². The molecule has 2 heterocycles. The smallest absolute Gasteiger partial charge is 0.310 e. The number of ether oxygens (including phenoxy) is 3. The number of aliphatic imine (C=N–C) groups is 1. The first-order valence-electron chi connectivity index (χ1n) is 10.0. The summed E-state index contributed by atoms with van der Waals surface area (Å²) in [5.41, 5.74) is 0. The molecule has 7 heteroatoms. The van der Waals surface area contributed by atoms with Crippen molar-refractivity contribution in [1.82, 2.24) is 10.2 Å². The molecule has 0 spiro atoms. The van der Waals surface area contributed by atoms with Crippen molar-refractivity contribution < 1.29 is 19.0 Å². The number of carbonyl (C=O) groups excluding carboxylic acids is 1. The number of nitrogens with one attached hydrogen (secondary N) is 1. The molecule has 0 saturated carbocycles. The molecule has 0 bridgehead atoms. The molecule has 0 aliphatic carbocycles. The third-order valence-electron chi connectivity index (χ3n) is 5.00. The first-order chi connectivity index (χ1) is 12.7. The van der Waals surface area contributed by atoms with Crippen LogP contribution in [0.3, 0.4) is 0 Å². The zero-order chi connectivity index (χ0) is 18.6. The molecule has 150 valence electrons. The number of hydrogen-bond donors (Lipinski definition) is 1. The first-order valence-corrected chi connectivity index (χ1v) is 10.0. The number of likely N-dealkylation sites (tertiary alicyclic amines) is 1. The normalized spacial score (nSPS) is 22.3. The van der Waals surface area contributed by atoms with Gasteiger partial charge in [-0.05, 0) is 44.9 Å². The molecule has 0 radical (unpaired) electrons. The first kappa shape index (κ1) is 21.0. The topological polar surface area (TPSA) is 72.4 Å². The monoisotopic (exact) mass is 369 g/mol. The molecule has 0 aromatic heterocycles. The number of rotatable bonds is 8. The quantitative estimate of drug-likeness (QED) is 0.304. The van der Waals surface area contributed by atoms with Crippen molar-refractivity contribution in [3.8, 4) is 0 Å². The third kappa shape index (κ3) is 7.11. The Hall–Kier alpha value is -1.34. The highest BCUT2D eigenvalue weighted by Gasteiger charge is 2.28. The number of carbonyl (C=O) groups is 1. The lowest BCUT2D eigenvalue weighted by atomic mass is 9.98. The Kier molecular flexibility index (Phi) is 9.77. The SMILES string of the molecule is CCOC(=O)C1CCCN(C(=NC)NCCCOCC2CCOCC2)C1. The molecule has 2 fully saturated rings. The van der Waals surface area contributed by atoms with Crippen LogP contribution in [-0.4, -0.2) is 76.5 Å². The van der Waals surface area contributed by atoms with E-state index in [2.05, 4.69) is 15.2 Å². The molecular formula is C19H35N3O4. The minimum absolute atomic E-state index is 0.0509. The fourth-order valence-corrected chi connectivity index (χ4v) is 3.49. The van der Waals surface area contributed by atoms with Crippen LogP contribution in [0, 0.1) is 11.8 Å². The van der Waals surface area contributed by atoms with Crippen LogP contribution in [0.5, 0.6) is 0 Å². The molecular weight excluding hydrogens is 334 g/mol. The molecule has 1 atom stereocenters. The summed E-state index contributed by atoms with van der Waals surface area (Å²) in [5.74, 6) is 1.38. The summed E-state index contributed by atoms with van der Waals surface area (Å²) >= 11 is 0. The molecule has 2 aliphatic heterocycles. The third-order valence-corrected chi connectivity index (χ3v) is 5.00. The van der Waals surface area contributed by atoms with Gasteiger partial charge in [0.15, 0.2) is 5.96 Å². The second kappa shape index (κ2) is 12.1. The van der Waals surface area contributed by atoms with Gasteiger partial charge in [-0.1, -0.05) is 0 Å². The van der Waals surface area contributed by atoms with E-state index in [1.54, 1.807) is 7.05 Å². The van der Waals surface area contributed by atoms with E-state index >= 15 is 0 Å². The lowest BCUT2D eigenvalue weighted by Crippen LogP contribution is -2.48. The van der Waals surface area contributed by atoms with Gasteiger partial charge in [0.2, 0.25) is 0 Å². The van der Waals surface area contributed by atoms with Crippen LogP contribution in [0.15, 0.2) is 4.99 Å². The van der Waals surface area contributed by atoms with Gasteiger partial charge in [-0.25, -0.2) is 0 Å². The molecule has 0 aromatic carbocycles. The maximum absolute atomic E-state index is 12.0. The van der Waals surface area contributed by atoms with E-state index in [1.807, 2.05) is 6.92 Å². The second-order valence-electron chi connectivity index (χ2n) is 7.00. The lowest BCUT2D eigenvalue weighted by Gasteiger charge is -2.34. The van der Waals surface area contributed by atoms with Crippen molar-refractivity contribution in [1.29, 1.82) is 0 Å². The average molecular weight is 370 g/mol. The molecule has 2 saturated heterocycles. The van der Waals surface area contributed by atoms with Gasteiger partial charge in [-0.3, -0.25) is 9.79 Å². The predicted molar refractivity (Wildman–Crippen MR) is 101 cm³/mol. The Morgan fingerprint density at radius 3 is 2.85 bits per heavy atom. The van der Waals surface area contributed by atoms with E-state index < -0.39 is 0 Å². The van der Waals surface area contributed by atoms with Crippen molar-refractivity contribution in [3.63, 3.8) is 0 Å². The predicted octanol–water partition coefficient (Wildman–Crippen LogP) is 1.67. The highest BCUT2D eigenvalue weighted by atomic mass is 16.5. The maximum atomic E-state index is 12.0. The summed E-state index contributed by atoms with van der Waals surface area (Å²) < 4.78 is 16.3. The van der Waals surface area contributed by atoms with E-state index in [9.17, 15) is 4.79 Å². The van der Waals surface area contributed by atoms with Crippen LogP contribution in [0.2, 0.25) is 0 Å². The van der Waals surface area contributed by atoms with E-state index in [0.717, 1.165) is 77.6 Å². The van der Waals surface area contributed by atoms with E-state index in [4.69, 9.17) is 14.2 Å². The fraction of sp³-hybridized carbons (Fsp3) is 0.895. The van der Waals surface area contributed by atoms with Crippen molar-refractivity contribution in [3.05, 3.63) is 0 Å². The minimum atomic E-state index is -0.0887. The maximum Gasteiger partial charge on any atom is 0.310 e. The van der Waals surface area contributed by atoms with E-state index in [1.165, 1.54) is 0 Å². The molecule has 0 aromatic rings. The largest absolute Gasteiger partial charge is 0.466 e.